The molecule has 0 unspecified atom stereocenters. The molecular weight excluding hydrogens is 320 g/mol. The van der Waals surface area contributed by atoms with Gasteiger partial charge in [-0.2, -0.15) is 10.4 Å². The molecular formula is C13H14N6OS2. The van der Waals surface area contributed by atoms with Crippen molar-refractivity contribution in [3.05, 3.63) is 16.8 Å². The molecule has 1 N–H and O–H groups in total. The Morgan fingerprint density at radius 1 is 1.27 bits per heavy atom. The molecule has 0 aliphatic heterocycles. The van der Waals surface area contributed by atoms with Crippen molar-refractivity contribution in [1.82, 2.24) is 20.4 Å². The minimum absolute atomic E-state index is 0.203. The molecule has 2 aromatic heterocycles. The number of nitriles is 1. The molecule has 22 heavy (non-hydrogen) atoms. The maximum atomic E-state index is 11.0. The summed E-state index contributed by atoms with van der Waals surface area (Å²) in [6.07, 6.45) is 1.46. The van der Waals surface area contributed by atoms with E-state index in [2.05, 4.69) is 31.8 Å². The Kier molecular flexibility index (Phi) is 5.41. The second-order valence-electron chi connectivity index (χ2n) is 4.28. The molecule has 0 aromatic carbocycles. The van der Waals surface area contributed by atoms with Gasteiger partial charge in [-0.3, -0.25) is 4.79 Å². The highest BCUT2D eigenvalue weighted by atomic mass is 32.2. The molecule has 0 saturated heterocycles. The van der Waals surface area contributed by atoms with Crippen LogP contribution in [0.3, 0.4) is 0 Å². The standard InChI is InChI=1S/C13H14N6OS2/c1-4-8-9(6-14)11(17-16-10(8)5-2)21-13-19-18-12(22-13)15-7(3)20/h4-5H2,1-3H3,(H,15,18,20). The van der Waals surface area contributed by atoms with E-state index in [1.807, 2.05) is 13.8 Å². The van der Waals surface area contributed by atoms with Crippen molar-refractivity contribution in [3.63, 3.8) is 0 Å². The molecule has 0 aliphatic carbocycles. The predicted molar refractivity (Wildman–Crippen MR) is 83.8 cm³/mol. The van der Waals surface area contributed by atoms with Crippen molar-refractivity contribution in [2.45, 2.75) is 43.0 Å². The Labute approximate surface area is 136 Å². The van der Waals surface area contributed by atoms with E-state index >= 15 is 0 Å². The number of nitrogens with zero attached hydrogens (tertiary/aromatic N) is 5. The fourth-order valence-electron chi connectivity index (χ4n) is 1.88. The summed E-state index contributed by atoms with van der Waals surface area (Å²) >= 11 is 2.46. The summed E-state index contributed by atoms with van der Waals surface area (Å²) in [7, 11) is 0. The molecule has 0 radical (unpaired) electrons. The molecule has 0 bridgehead atoms. The molecule has 2 aromatic rings. The van der Waals surface area contributed by atoms with Gasteiger partial charge in [0.1, 0.15) is 11.1 Å². The van der Waals surface area contributed by atoms with Gasteiger partial charge in [-0.25, -0.2) is 0 Å². The van der Waals surface area contributed by atoms with E-state index in [1.165, 1.54) is 30.0 Å². The SMILES string of the molecule is CCc1nnc(Sc2nnc(NC(C)=O)s2)c(C#N)c1CC. The third-order valence-corrected chi connectivity index (χ3v) is 4.67. The summed E-state index contributed by atoms with van der Waals surface area (Å²) in [5.74, 6) is -0.203. The second kappa shape index (κ2) is 7.29. The molecule has 0 atom stereocenters. The van der Waals surface area contributed by atoms with Gasteiger partial charge in [0.25, 0.3) is 0 Å². The van der Waals surface area contributed by atoms with Crippen molar-refractivity contribution in [2.75, 3.05) is 5.32 Å². The van der Waals surface area contributed by atoms with Crippen LogP contribution in [0.2, 0.25) is 0 Å². The van der Waals surface area contributed by atoms with Crippen molar-refractivity contribution < 1.29 is 4.79 Å². The zero-order valence-electron chi connectivity index (χ0n) is 12.4. The first kappa shape index (κ1) is 16.3. The monoisotopic (exact) mass is 334 g/mol. The van der Waals surface area contributed by atoms with E-state index < -0.39 is 0 Å². The van der Waals surface area contributed by atoms with Gasteiger partial charge in [0, 0.05) is 6.92 Å². The number of carbonyl (C=O) groups excluding carboxylic acids is 1. The van der Waals surface area contributed by atoms with Gasteiger partial charge in [-0.1, -0.05) is 25.2 Å². The molecule has 0 fully saturated rings. The lowest BCUT2D eigenvalue weighted by atomic mass is 10.1. The second-order valence-corrected chi connectivity index (χ2v) is 6.49. The molecule has 7 nitrogen and oxygen atoms in total. The molecule has 2 rings (SSSR count). The van der Waals surface area contributed by atoms with Crippen LogP contribution in [-0.2, 0) is 17.6 Å². The molecule has 2 heterocycles. The Bertz CT molecular complexity index is 737. The lowest BCUT2D eigenvalue weighted by molar-refractivity contribution is -0.114. The molecule has 114 valence electrons. The first-order chi connectivity index (χ1) is 10.6. The predicted octanol–water partition coefficient (Wildman–Crippen LogP) is 2.43. The van der Waals surface area contributed by atoms with Crippen molar-refractivity contribution in [1.29, 1.82) is 5.26 Å². The summed E-state index contributed by atoms with van der Waals surface area (Å²) in [5, 5.41) is 29.1. The fourth-order valence-corrected chi connectivity index (χ4v) is 3.64. The van der Waals surface area contributed by atoms with Crippen molar-refractivity contribution in [2.24, 2.45) is 0 Å². The number of hydrogen-bond donors (Lipinski definition) is 1. The zero-order chi connectivity index (χ0) is 16.1. The number of amides is 1. The van der Waals surface area contributed by atoms with E-state index in [0.717, 1.165) is 24.1 Å². The lowest BCUT2D eigenvalue weighted by Gasteiger charge is -2.08. The Balaban J connectivity index is 2.32. The van der Waals surface area contributed by atoms with E-state index in [-0.39, 0.29) is 5.91 Å². The van der Waals surface area contributed by atoms with Gasteiger partial charge in [-0.15, -0.1) is 15.3 Å². The van der Waals surface area contributed by atoms with Crippen LogP contribution >= 0.6 is 23.1 Å². The molecule has 9 heteroatoms. The maximum absolute atomic E-state index is 11.0. The number of carbonyl (C=O) groups is 1. The highest BCUT2D eigenvalue weighted by molar-refractivity contribution is 8.01. The smallest absolute Gasteiger partial charge is 0.223 e. The van der Waals surface area contributed by atoms with Crippen LogP contribution in [0.4, 0.5) is 5.13 Å². The number of hydrogen-bond acceptors (Lipinski definition) is 8. The van der Waals surface area contributed by atoms with Crippen LogP contribution in [0, 0.1) is 11.3 Å². The normalized spacial score (nSPS) is 10.3. The zero-order valence-corrected chi connectivity index (χ0v) is 14.0. The van der Waals surface area contributed by atoms with Crippen LogP contribution in [0.25, 0.3) is 0 Å². The quantitative estimate of drug-likeness (QED) is 0.837. The summed E-state index contributed by atoms with van der Waals surface area (Å²) in [6.45, 7) is 5.39. The summed E-state index contributed by atoms with van der Waals surface area (Å²) in [5.41, 5.74) is 2.31. The topological polar surface area (TPSA) is 104 Å². The molecule has 1 amide bonds. The van der Waals surface area contributed by atoms with Gasteiger partial charge in [0.15, 0.2) is 4.34 Å². The number of aryl methyl sites for hydroxylation is 1. The van der Waals surface area contributed by atoms with Gasteiger partial charge in [-0.05, 0) is 30.2 Å². The number of nitrogens with one attached hydrogen (secondary N) is 1. The van der Waals surface area contributed by atoms with Crippen LogP contribution in [0.15, 0.2) is 9.37 Å². The lowest BCUT2D eigenvalue weighted by Crippen LogP contribution is -2.04. The fraction of sp³-hybridized carbons (Fsp3) is 0.385. The van der Waals surface area contributed by atoms with Crippen LogP contribution in [0.5, 0.6) is 0 Å². The number of aromatic nitrogens is 4. The van der Waals surface area contributed by atoms with Crippen LogP contribution in [0.1, 0.15) is 37.6 Å². The van der Waals surface area contributed by atoms with E-state index in [0.29, 0.717) is 20.1 Å². The van der Waals surface area contributed by atoms with E-state index in [1.54, 1.807) is 0 Å². The van der Waals surface area contributed by atoms with Gasteiger partial charge in [0.05, 0.1) is 11.3 Å². The highest BCUT2D eigenvalue weighted by Gasteiger charge is 2.17. The largest absolute Gasteiger partial charge is 0.301 e. The highest BCUT2D eigenvalue weighted by Crippen LogP contribution is 2.33. The maximum Gasteiger partial charge on any atom is 0.223 e. The molecule has 0 saturated carbocycles. The third-order valence-electron chi connectivity index (χ3n) is 2.80. The summed E-state index contributed by atoms with van der Waals surface area (Å²) < 4.78 is 0.598. The Morgan fingerprint density at radius 2 is 2.05 bits per heavy atom. The van der Waals surface area contributed by atoms with Crippen molar-refractivity contribution in [3.8, 4) is 6.07 Å². The summed E-state index contributed by atoms with van der Waals surface area (Å²) in [4.78, 5) is 11.0. The number of rotatable bonds is 5. The number of anilines is 1. The molecule has 0 aliphatic rings. The average molecular weight is 334 g/mol. The van der Waals surface area contributed by atoms with Gasteiger partial charge in [0.2, 0.25) is 11.0 Å². The van der Waals surface area contributed by atoms with Crippen LogP contribution in [-0.4, -0.2) is 26.3 Å². The van der Waals surface area contributed by atoms with E-state index in [4.69, 9.17) is 0 Å². The average Bonchev–Trinajstić information content (AvgIpc) is 2.92. The van der Waals surface area contributed by atoms with Crippen LogP contribution < -0.4 is 5.32 Å². The van der Waals surface area contributed by atoms with Gasteiger partial charge >= 0.3 is 0 Å². The minimum atomic E-state index is -0.203. The first-order valence-corrected chi connectivity index (χ1v) is 8.29. The molecule has 0 spiro atoms. The third kappa shape index (κ3) is 3.58. The Morgan fingerprint density at radius 3 is 2.64 bits per heavy atom. The van der Waals surface area contributed by atoms with Crippen molar-refractivity contribution >= 4 is 34.1 Å². The first-order valence-electron chi connectivity index (χ1n) is 6.66. The minimum Gasteiger partial charge on any atom is -0.301 e. The van der Waals surface area contributed by atoms with E-state index in [9.17, 15) is 10.1 Å². The van der Waals surface area contributed by atoms with Gasteiger partial charge < -0.3 is 5.32 Å². The Hall–Kier alpha value is -2.05. The summed E-state index contributed by atoms with van der Waals surface area (Å²) in [6, 6.07) is 2.21.